The molecular weight excluding hydrogens is 499 g/mol. The Kier molecular flexibility index (Phi) is 9.29. The average Bonchev–Trinajstić information content (AvgIpc) is 2.71. The van der Waals surface area contributed by atoms with E-state index in [0.717, 1.165) is 18.6 Å². The number of anilines is 1. The highest BCUT2D eigenvalue weighted by molar-refractivity contribution is 14.0. The van der Waals surface area contributed by atoms with Gasteiger partial charge in [0, 0.05) is 52.4 Å². The highest BCUT2D eigenvalue weighted by atomic mass is 127. The molecule has 0 aliphatic carbocycles. The summed E-state index contributed by atoms with van der Waals surface area (Å²) in [4.78, 5) is 10.6. The normalized spacial score (nSPS) is 14.7. The molecule has 0 radical (unpaired) electrons. The Balaban J connectivity index is 0.00000320. The number of benzene rings is 2. The van der Waals surface area contributed by atoms with Crippen LogP contribution < -0.4 is 10.2 Å². The summed E-state index contributed by atoms with van der Waals surface area (Å²) in [6, 6.07) is 12.0. The van der Waals surface area contributed by atoms with Gasteiger partial charge in [-0.25, -0.2) is 8.78 Å². The number of guanidine groups is 1. The van der Waals surface area contributed by atoms with Gasteiger partial charge in [-0.3, -0.25) is 4.99 Å². The van der Waals surface area contributed by atoms with E-state index in [1.54, 1.807) is 7.05 Å². The molecule has 2 aromatic carbocycles. The van der Waals surface area contributed by atoms with Gasteiger partial charge in [-0.1, -0.05) is 24.3 Å². The van der Waals surface area contributed by atoms with Gasteiger partial charge >= 0.3 is 0 Å². The average molecular weight is 529 g/mol. The largest absolute Gasteiger partial charge is 0.366 e. The van der Waals surface area contributed by atoms with Gasteiger partial charge < -0.3 is 20.0 Å². The molecule has 0 bridgehead atoms. The summed E-state index contributed by atoms with van der Waals surface area (Å²) < 4.78 is 27.6. The predicted octanol–water partition coefficient (Wildman–Crippen LogP) is 3.54. The van der Waals surface area contributed by atoms with Crippen molar-refractivity contribution in [2.75, 3.05) is 52.2 Å². The molecule has 30 heavy (non-hydrogen) atoms. The van der Waals surface area contributed by atoms with E-state index in [9.17, 15) is 8.78 Å². The van der Waals surface area contributed by atoms with Crippen LogP contribution in [0.4, 0.5) is 14.5 Å². The number of nitrogens with one attached hydrogen (secondary N) is 1. The molecule has 1 fully saturated rings. The number of hydrogen-bond acceptors (Lipinski definition) is 3. The molecule has 2 aromatic rings. The van der Waals surface area contributed by atoms with Gasteiger partial charge in [0.05, 0.1) is 5.69 Å². The summed E-state index contributed by atoms with van der Waals surface area (Å²) in [7, 11) is 5.89. The van der Waals surface area contributed by atoms with E-state index < -0.39 is 5.82 Å². The molecule has 1 aliphatic rings. The van der Waals surface area contributed by atoms with Crippen LogP contribution in [0.3, 0.4) is 0 Å². The smallest absolute Gasteiger partial charge is 0.194 e. The second-order valence-electron chi connectivity index (χ2n) is 7.48. The maximum Gasteiger partial charge on any atom is 0.194 e. The van der Waals surface area contributed by atoms with Gasteiger partial charge in [-0.2, -0.15) is 0 Å². The molecule has 0 spiro atoms. The quantitative estimate of drug-likeness (QED) is 0.365. The molecule has 0 unspecified atom stereocenters. The zero-order chi connectivity index (χ0) is 20.8. The van der Waals surface area contributed by atoms with Crippen molar-refractivity contribution in [2.45, 2.75) is 13.1 Å². The van der Waals surface area contributed by atoms with Crippen LogP contribution in [0.5, 0.6) is 0 Å². The minimum Gasteiger partial charge on any atom is -0.366 e. The molecule has 0 saturated carbocycles. The lowest BCUT2D eigenvalue weighted by Crippen LogP contribution is -2.52. The molecule has 0 atom stereocenters. The summed E-state index contributed by atoms with van der Waals surface area (Å²) in [5.41, 5.74) is 2.85. The Hall–Kier alpha value is -1.94. The fraction of sp³-hybridized carbons (Fsp3) is 0.409. The summed E-state index contributed by atoms with van der Waals surface area (Å²) in [5, 5.41) is 3.45. The van der Waals surface area contributed by atoms with Crippen LogP contribution in [-0.2, 0) is 13.1 Å². The predicted molar refractivity (Wildman–Crippen MR) is 130 cm³/mol. The molecule has 1 aliphatic heterocycles. The molecule has 8 heteroatoms. The first-order valence-electron chi connectivity index (χ1n) is 9.85. The number of nitrogens with zero attached hydrogens (tertiary/aromatic N) is 4. The van der Waals surface area contributed by atoms with Crippen LogP contribution in [-0.4, -0.2) is 63.1 Å². The highest BCUT2D eigenvalue weighted by Gasteiger charge is 2.22. The summed E-state index contributed by atoms with van der Waals surface area (Å²) >= 11 is 0. The van der Waals surface area contributed by atoms with Gasteiger partial charge in [-0.05, 0) is 37.4 Å². The van der Waals surface area contributed by atoms with Crippen molar-refractivity contribution in [2.24, 2.45) is 4.99 Å². The Morgan fingerprint density at radius 2 is 1.70 bits per heavy atom. The Morgan fingerprint density at radius 3 is 2.33 bits per heavy atom. The van der Waals surface area contributed by atoms with Crippen molar-refractivity contribution in [3.05, 3.63) is 65.2 Å². The van der Waals surface area contributed by atoms with Crippen LogP contribution in [0.15, 0.2) is 47.5 Å². The molecule has 1 N–H and O–H groups in total. The van der Waals surface area contributed by atoms with Crippen LogP contribution in [0.2, 0.25) is 0 Å². The van der Waals surface area contributed by atoms with Crippen LogP contribution in [0.25, 0.3) is 0 Å². The second-order valence-corrected chi connectivity index (χ2v) is 7.48. The molecule has 164 valence electrons. The van der Waals surface area contributed by atoms with E-state index >= 15 is 0 Å². The van der Waals surface area contributed by atoms with Crippen molar-refractivity contribution < 1.29 is 8.78 Å². The van der Waals surface area contributed by atoms with E-state index in [0.29, 0.717) is 38.4 Å². The standard InChI is InChI=1S/C22H29F2N5.HI/c1-25-22(26-15-17-6-4-5-7-18(17)16-27(2)3)29-12-10-28(11-13-29)21-14-19(23)8-9-20(21)24;/h4-9,14H,10-13,15-16H2,1-3H3,(H,25,26);1H. The summed E-state index contributed by atoms with van der Waals surface area (Å²) in [6.45, 7) is 4.17. The maximum atomic E-state index is 14.1. The number of halogens is 3. The Labute approximate surface area is 194 Å². The van der Waals surface area contributed by atoms with E-state index in [1.807, 2.05) is 11.0 Å². The minimum atomic E-state index is -0.419. The SMILES string of the molecule is CN=C(NCc1ccccc1CN(C)C)N1CCN(c2cc(F)ccc2F)CC1.I. The highest BCUT2D eigenvalue weighted by Crippen LogP contribution is 2.22. The molecule has 5 nitrogen and oxygen atoms in total. The monoisotopic (exact) mass is 529 g/mol. The molecule has 1 saturated heterocycles. The summed E-state index contributed by atoms with van der Waals surface area (Å²) in [6.07, 6.45) is 0. The topological polar surface area (TPSA) is 34.1 Å². The van der Waals surface area contributed by atoms with Gasteiger partial charge in [-0.15, -0.1) is 24.0 Å². The fourth-order valence-electron chi connectivity index (χ4n) is 3.62. The third kappa shape index (κ3) is 6.28. The Morgan fingerprint density at radius 1 is 1.03 bits per heavy atom. The van der Waals surface area contributed by atoms with Crippen LogP contribution in [0.1, 0.15) is 11.1 Å². The Bertz CT molecular complexity index is 851. The lowest BCUT2D eigenvalue weighted by molar-refractivity contribution is 0.370. The van der Waals surface area contributed by atoms with E-state index in [4.69, 9.17) is 0 Å². The van der Waals surface area contributed by atoms with Gasteiger partial charge in [0.25, 0.3) is 0 Å². The number of hydrogen-bond donors (Lipinski definition) is 1. The third-order valence-electron chi connectivity index (χ3n) is 5.08. The maximum absolute atomic E-state index is 14.1. The molecular formula is C22H30F2IN5. The van der Waals surface area contributed by atoms with Crippen molar-refractivity contribution >= 4 is 35.6 Å². The molecule has 0 amide bonds. The van der Waals surface area contributed by atoms with E-state index in [1.165, 1.54) is 23.3 Å². The zero-order valence-electron chi connectivity index (χ0n) is 17.7. The van der Waals surface area contributed by atoms with Crippen LogP contribution >= 0.6 is 24.0 Å². The first-order valence-corrected chi connectivity index (χ1v) is 9.85. The van der Waals surface area contributed by atoms with Gasteiger partial charge in [0.2, 0.25) is 0 Å². The lowest BCUT2D eigenvalue weighted by Gasteiger charge is -2.37. The summed E-state index contributed by atoms with van der Waals surface area (Å²) in [5.74, 6) is 0.0153. The first-order chi connectivity index (χ1) is 14.0. The van der Waals surface area contributed by atoms with Crippen molar-refractivity contribution in [3.63, 3.8) is 0 Å². The zero-order valence-corrected chi connectivity index (χ0v) is 20.1. The first kappa shape index (κ1) is 24.3. The second kappa shape index (κ2) is 11.5. The number of rotatable bonds is 5. The fourth-order valence-corrected chi connectivity index (χ4v) is 3.62. The number of piperazine rings is 1. The van der Waals surface area contributed by atoms with E-state index in [-0.39, 0.29) is 29.8 Å². The minimum absolute atomic E-state index is 0. The number of aliphatic imine (C=N–C) groups is 1. The van der Waals surface area contributed by atoms with Gasteiger partial charge in [0.1, 0.15) is 11.6 Å². The molecule has 3 rings (SSSR count). The van der Waals surface area contributed by atoms with E-state index in [2.05, 4.69) is 52.4 Å². The van der Waals surface area contributed by atoms with Crippen molar-refractivity contribution in [3.8, 4) is 0 Å². The van der Waals surface area contributed by atoms with Crippen LogP contribution in [0, 0.1) is 11.6 Å². The van der Waals surface area contributed by atoms with Crippen molar-refractivity contribution in [1.29, 1.82) is 0 Å². The third-order valence-corrected chi connectivity index (χ3v) is 5.08. The molecule has 0 aromatic heterocycles. The van der Waals surface area contributed by atoms with Crippen molar-refractivity contribution in [1.82, 2.24) is 15.1 Å². The van der Waals surface area contributed by atoms with Gasteiger partial charge in [0.15, 0.2) is 5.96 Å². The lowest BCUT2D eigenvalue weighted by atomic mass is 10.1. The molecule has 1 heterocycles.